The average Bonchev–Trinajstić information content (AvgIpc) is 2.94. The van der Waals surface area contributed by atoms with E-state index >= 15 is 0 Å². The summed E-state index contributed by atoms with van der Waals surface area (Å²) in [5.41, 5.74) is -1.61. The number of aliphatic hydroxyl groups is 1. The van der Waals surface area contributed by atoms with Crippen LogP contribution in [0.1, 0.15) is 39.5 Å². The fourth-order valence-electron chi connectivity index (χ4n) is 1.65. The van der Waals surface area contributed by atoms with Crippen LogP contribution in [0.25, 0.3) is 0 Å². The first-order valence-corrected chi connectivity index (χ1v) is 5.67. The second kappa shape index (κ2) is 4.94. The zero-order valence-corrected chi connectivity index (χ0v) is 9.57. The number of hydrogen-bond donors (Lipinski definition) is 2. The van der Waals surface area contributed by atoms with Crippen molar-refractivity contribution in [3.63, 3.8) is 0 Å². The largest absolute Gasteiger partial charge is 0.479 e. The molecular formula is C11H21NO3. The number of aliphatic carboxylic acids is 1. The minimum atomic E-state index is -1.61. The van der Waals surface area contributed by atoms with Crippen LogP contribution in [0.3, 0.4) is 0 Å². The van der Waals surface area contributed by atoms with Crippen molar-refractivity contribution < 1.29 is 15.0 Å². The zero-order chi connectivity index (χ0) is 11.5. The summed E-state index contributed by atoms with van der Waals surface area (Å²) in [7, 11) is 0. The number of rotatable bonds is 7. The fourth-order valence-corrected chi connectivity index (χ4v) is 1.65. The fraction of sp³-hybridized carbons (Fsp3) is 0.909. The second-order valence-electron chi connectivity index (χ2n) is 4.63. The Labute approximate surface area is 90.9 Å². The van der Waals surface area contributed by atoms with Gasteiger partial charge in [0.15, 0.2) is 5.60 Å². The molecule has 0 aromatic rings. The summed E-state index contributed by atoms with van der Waals surface area (Å²) in [5, 5.41) is 18.5. The first-order valence-electron chi connectivity index (χ1n) is 5.67. The highest BCUT2D eigenvalue weighted by Crippen LogP contribution is 2.28. The molecule has 15 heavy (non-hydrogen) atoms. The normalized spacial score (nSPS) is 20.3. The number of nitrogens with zero attached hydrogens (tertiary/aromatic N) is 1. The molecule has 1 fully saturated rings. The summed E-state index contributed by atoms with van der Waals surface area (Å²) >= 11 is 0. The third-order valence-electron chi connectivity index (χ3n) is 2.83. The molecule has 2 N–H and O–H groups in total. The molecule has 4 nitrogen and oxygen atoms in total. The summed E-state index contributed by atoms with van der Waals surface area (Å²) in [5.74, 6) is -1.13. The molecule has 0 saturated heterocycles. The Balaban J connectivity index is 2.46. The van der Waals surface area contributed by atoms with E-state index in [4.69, 9.17) is 5.11 Å². The summed E-state index contributed by atoms with van der Waals surface area (Å²) < 4.78 is 0. The molecule has 0 aromatic carbocycles. The van der Waals surface area contributed by atoms with Crippen molar-refractivity contribution >= 4 is 5.97 Å². The Morgan fingerprint density at radius 2 is 2.13 bits per heavy atom. The molecule has 1 unspecified atom stereocenters. The first kappa shape index (κ1) is 12.5. The highest BCUT2D eigenvalue weighted by Gasteiger charge is 2.37. The lowest BCUT2D eigenvalue weighted by Gasteiger charge is -2.28. The molecule has 0 bridgehead atoms. The van der Waals surface area contributed by atoms with Gasteiger partial charge in [-0.1, -0.05) is 13.3 Å². The molecule has 0 spiro atoms. The molecule has 88 valence electrons. The third-order valence-corrected chi connectivity index (χ3v) is 2.83. The topological polar surface area (TPSA) is 60.8 Å². The van der Waals surface area contributed by atoms with Gasteiger partial charge in [-0.3, -0.25) is 4.90 Å². The monoisotopic (exact) mass is 215 g/mol. The molecule has 0 radical (unpaired) electrons. The molecule has 1 aliphatic rings. The van der Waals surface area contributed by atoms with E-state index in [-0.39, 0.29) is 6.54 Å². The lowest BCUT2D eigenvalue weighted by molar-refractivity contribution is -0.158. The van der Waals surface area contributed by atoms with Gasteiger partial charge in [-0.05, 0) is 32.7 Å². The van der Waals surface area contributed by atoms with Crippen LogP contribution in [0.5, 0.6) is 0 Å². The van der Waals surface area contributed by atoms with E-state index in [1.165, 1.54) is 6.92 Å². The Bertz CT molecular complexity index is 224. The van der Waals surface area contributed by atoms with Gasteiger partial charge >= 0.3 is 5.97 Å². The van der Waals surface area contributed by atoms with Gasteiger partial charge < -0.3 is 10.2 Å². The smallest absolute Gasteiger partial charge is 0.336 e. The van der Waals surface area contributed by atoms with Gasteiger partial charge in [-0.25, -0.2) is 4.79 Å². The molecule has 0 heterocycles. The van der Waals surface area contributed by atoms with Crippen LogP contribution in [-0.4, -0.2) is 45.8 Å². The molecule has 1 saturated carbocycles. The molecule has 1 atom stereocenters. The first-order chi connectivity index (χ1) is 6.97. The van der Waals surface area contributed by atoms with Crippen molar-refractivity contribution in [2.24, 2.45) is 0 Å². The lowest BCUT2D eigenvalue weighted by Crippen LogP contribution is -2.47. The molecule has 0 aromatic heterocycles. The van der Waals surface area contributed by atoms with Gasteiger partial charge in [0.25, 0.3) is 0 Å². The van der Waals surface area contributed by atoms with Crippen LogP contribution in [0.15, 0.2) is 0 Å². The van der Waals surface area contributed by atoms with Crippen molar-refractivity contribution in [1.29, 1.82) is 0 Å². The maximum absolute atomic E-state index is 10.8. The summed E-state index contributed by atoms with van der Waals surface area (Å²) in [6.45, 7) is 4.62. The Hall–Kier alpha value is -0.610. The van der Waals surface area contributed by atoms with E-state index in [0.29, 0.717) is 6.04 Å². The Kier molecular flexibility index (Phi) is 4.11. The van der Waals surface area contributed by atoms with E-state index in [9.17, 15) is 9.90 Å². The van der Waals surface area contributed by atoms with Crippen LogP contribution in [0.4, 0.5) is 0 Å². The van der Waals surface area contributed by atoms with Gasteiger partial charge in [0.2, 0.25) is 0 Å². The zero-order valence-electron chi connectivity index (χ0n) is 9.57. The molecule has 0 aliphatic heterocycles. The van der Waals surface area contributed by atoms with Crippen LogP contribution < -0.4 is 0 Å². The molecule has 0 amide bonds. The van der Waals surface area contributed by atoms with Crippen LogP contribution in [0, 0.1) is 0 Å². The number of carboxylic acid groups (broad SMARTS) is 1. The van der Waals surface area contributed by atoms with Crippen molar-refractivity contribution in [3.05, 3.63) is 0 Å². The Morgan fingerprint density at radius 1 is 1.53 bits per heavy atom. The summed E-state index contributed by atoms with van der Waals surface area (Å²) in [4.78, 5) is 12.9. The highest BCUT2D eigenvalue weighted by molar-refractivity contribution is 5.76. The van der Waals surface area contributed by atoms with Crippen LogP contribution >= 0.6 is 0 Å². The predicted molar refractivity (Wildman–Crippen MR) is 57.8 cm³/mol. The minimum absolute atomic E-state index is 0.243. The molecule has 1 aliphatic carbocycles. The van der Waals surface area contributed by atoms with E-state index < -0.39 is 11.6 Å². The maximum atomic E-state index is 10.8. The third kappa shape index (κ3) is 3.80. The van der Waals surface area contributed by atoms with Gasteiger partial charge in [0, 0.05) is 12.6 Å². The van der Waals surface area contributed by atoms with Crippen molar-refractivity contribution in [2.75, 3.05) is 13.1 Å². The van der Waals surface area contributed by atoms with Crippen molar-refractivity contribution in [1.82, 2.24) is 4.90 Å². The van der Waals surface area contributed by atoms with Crippen LogP contribution in [0.2, 0.25) is 0 Å². The summed E-state index contributed by atoms with van der Waals surface area (Å²) in [6.07, 6.45) is 4.43. The van der Waals surface area contributed by atoms with Crippen molar-refractivity contribution in [2.45, 2.75) is 51.2 Å². The molecule has 4 heteroatoms. The Morgan fingerprint density at radius 3 is 2.53 bits per heavy atom. The number of carbonyl (C=O) groups is 1. The van der Waals surface area contributed by atoms with Gasteiger partial charge in [-0.2, -0.15) is 0 Å². The van der Waals surface area contributed by atoms with Gasteiger partial charge in [0.05, 0.1) is 0 Å². The molecular weight excluding hydrogens is 194 g/mol. The average molecular weight is 215 g/mol. The van der Waals surface area contributed by atoms with E-state index in [0.717, 1.165) is 32.2 Å². The number of unbranched alkanes of at least 4 members (excludes halogenated alkanes) is 1. The van der Waals surface area contributed by atoms with Crippen LogP contribution in [-0.2, 0) is 4.79 Å². The second-order valence-corrected chi connectivity index (χ2v) is 4.63. The SMILES string of the molecule is CCCCN(CC(C)(O)C(=O)O)C1CC1. The van der Waals surface area contributed by atoms with Gasteiger partial charge in [0.1, 0.15) is 0 Å². The summed E-state index contributed by atoms with van der Waals surface area (Å²) in [6, 6.07) is 0.502. The standard InChI is InChI=1S/C11H21NO3/c1-3-4-7-12(9-5-6-9)8-11(2,15)10(13)14/h9,15H,3-8H2,1-2H3,(H,13,14). The van der Waals surface area contributed by atoms with E-state index in [2.05, 4.69) is 11.8 Å². The molecule has 1 rings (SSSR count). The van der Waals surface area contributed by atoms with Crippen molar-refractivity contribution in [3.8, 4) is 0 Å². The predicted octanol–water partition coefficient (Wildman–Crippen LogP) is 1.09. The quantitative estimate of drug-likeness (QED) is 0.667. The maximum Gasteiger partial charge on any atom is 0.336 e. The number of carboxylic acids is 1. The minimum Gasteiger partial charge on any atom is -0.479 e. The van der Waals surface area contributed by atoms with E-state index in [1.807, 2.05) is 0 Å². The van der Waals surface area contributed by atoms with Gasteiger partial charge in [-0.15, -0.1) is 0 Å². The highest BCUT2D eigenvalue weighted by atomic mass is 16.4. The lowest BCUT2D eigenvalue weighted by atomic mass is 10.1. The van der Waals surface area contributed by atoms with E-state index in [1.54, 1.807) is 0 Å². The number of hydrogen-bond acceptors (Lipinski definition) is 3.